The monoisotopic (exact) mass is 196 g/mol. The van der Waals surface area contributed by atoms with Crippen molar-refractivity contribution < 1.29 is 9.90 Å². The largest absolute Gasteiger partial charge is 0.480 e. The molecule has 1 unspecified atom stereocenters. The van der Waals surface area contributed by atoms with Crippen molar-refractivity contribution in [2.45, 2.75) is 12.2 Å². The Balaban J connectivity index is 3.68. The molecule has 0 aliphatic rings. The average molecular weight is 196 g/mol. The number of carboxylic acid groups (broad SMARTS) is 1. The van der Waals surface area contributed by atoms with Gasteiger partial charge < -0.3 is 5.11 Å². The van der Waals surface area contributed by atoms with Gasteiger partial charge >= 0.3 is 5.97 Å². The number of hydrogen-bond acceptors (Lipinski definition) is 4. The van der Waals surface area contributed by atoms with E-state index < -0.39 is 11.2 Å². The van der Waals surface area contributed by atoms with Crippen LogP contribution in [0.1, 0.15) is 6.92 Å². The van der Waals surface area contributed by atoms with Crippen molar-refractivity contribution in [3.63, 3.8) is 0 Å². The van der Waals surface area contributed by atoms with Gasteiger partial charge in [-0.1, -0.05) is 24.0 Å². The van der Waals surface area contributed by atoms with Gasteiger partial charge in [-0.15, -0.1) is 11.8 Å². The maximum absolute atomic E-state index is 10.3. The molecule has 5 heteroatoms. The standard InChI is InChI=1S/C5H8O2S3/c1-3(4(6)7)10-5(8)9-2/h3H,1-2H3,(H,6,7). The Bertz CT molecular complexity index is 146. The van der Waals surface area contributed by atoms with E-state index in [4.69, 9.17) is 17.3 Å². The molecule has 0 saturated carbocycles. The van der Waals surface area contributed by atoms with Gasteiger partial charge in [0.2, 0.25) is 0 Å². The van der Waals surface area contributed by atoms with Gasteiger partial charge in [0.1, 0.15) is 8.78 Å². The molecular formula is C5H8O2S3. The first-order chi connectivity index (χ1) is 4.57. The van der Waals surface area contributed by atoms with Crippen molar-refractivity contribution >= 4 is 45.2 Å². The third-order valence-electron chi connectivity index (χ3n) is 0.787. The molecule has 0 fully saturated rings. The second-order valence-electron chi connectivity index (χ2n) is 1.55. The minimum atomic E-state index is -0.818. The molecule has 2 nitrogen and oxygen atoms in total. The summed E-state index contributed by atoms with van der Waals surface area (Å²) in [5.74, 6) is -0.818. The van der Waals surface area contributed by atoms with Crippen LogP contribution in [0, 0.1) is 0 Å². The van der Waals surface area contributed by atoms with Crippen LogP contribution in [0.25, 0.3) is 0 Å². The van der Waals surface area contributed by atoms with E-state index in [2.05, 4.69) is 0 Å². The number of hydrogen-bond donors (Lipinski definition) is 1. The maximum Gasteiger partial charge on any atom is 0.316 e. The number of rotatable bonds is 2. The van der Waals surface area contributed by atoms with Crippen LogP contribution in [0.4, 0.5) is 0 Å². The molecule has 0 aliphatic carbocycles. The van der Waals surface area contributed by atoms with Gasteiger partial charge in [-0.25, -0.2) is 0 Å². The average Bonchev–Trinajstić information content (AvgIpc) is 1.87. The van der Waals surface area contributed by atoms with E-state index in [1.807, 2.05) is 6.26 Å². The first-order valence-electron chi connectivity index (χ1n) is 2.55. The molecule has 0 heterocycles. The number of thiocarbonyl (C=S) groups is 1. The molecule has 58 valence electrons. The lowest BCUT2D eigenvalue weighted by Crippen LogP contribution is -2.12. The first-order valence-corrected chi connectivity index (χ1v) is 5.06. The first kappa shape index (κ1) is 10.3. The SMILES string of the molecule is CSC(=S)SC(C)C(=O)O. The summed E-state index contributed by atoms with van der Waals surface area (Å²) < 4.78 is 0.676. The molecule has 0 spiro atoms. The van der Waals surface area contributed by atoms with Crippen molar-refractivity contribution in [2.75, 3.05) is 6.26 Å². The molecule has 0 aromatic heterocycles. The lowest BCUT2D eigenvalue weighted by molar-refractivity contribution is -0.136. The highest BCUT2D eigenvalue weighted by Gasteiger charge is 2.12. The normalized spacial score (nSPS) is 12.6. The lowest BCUT2D eigenvalue weighted by Gasteiger charge is -2.03. The van der Waals surface area contributed by atoms with Crippen molar-refractivity contribution in [2.24, 2.45) is 0 Å². The second kappa shape index (κ2) is 4.98. The third-order valence-corrected chi connectivity index (χ3v) is 3.45. The van der Waals surface area contributed by atoms with Gasteiger partial charge in [-0.3, -0.25) is 4.79 Å². The zero-order valence-corrected chi connectivity index (χ0v) is 8.11. The van der Waals surface area contributed by atoms with Gasteiger partial charge in [0, 0.05) is 0 Å². The van der Waals surface area contributed by atoms with Gasteiger partial charge in [-0.05, 0) is 13.2 Å². The van der Waals surface area contributed by atoms with Crippen molar-refractivity contribution in [3.8, 4) is 0 Å². The van der Waals surface area contributed by atoms with E-state index in [1.165, 1.54) is 23.5 Å². The lowest BCUT2D eigenvalue weighted by atomic mass is 10.5. The molecule has 0 aromatic rings. The molecule has 0 rings (SSSR count). The van der Waals surface area contributed by atoms with Gasteiger partial charge in [0.25, 0.3) is 0 Å². The fourth-order valence-corrected chi connectivity index (χ4v) is 1.88. The van der Waals surface area contributed by atoms with Crippen LogP contribution in [0.2, 0.25) is 0 Å². The van der Waals surface area contributed by atoms with Crippen LogP contribution in [0.15, 0.2) is 0 Å². The Morgan fingerprint density at radius 2 is 2.20 bits per heavy atom. The molecule has 0 radical (unpaired) electrons. The predicted molar refractivity (Wildman–Crippen MR) is 50.8 cm³/mol. The third kappa shape index (κ3) is 4.14. The summed E-state index contributed by atoms with van der Waals surface area (Å²) in [5, 5.41) is 8.01. The summed E-state index contributed by atoms with van der Waals surface area (Å²) in [4.78, 5) is 10.3. The summed E-state index contributed by atoms with van der Waals surface area (Å²) in [6.07, 6.45) is 1.84. The minimum absolute atomic E-state index is 0.431. The summed E-state index contributed by atoms with van der Waals surface area (Å²) in [6, 6.07) is 0. The molecule has 0 aliphatic heterocycles. The molecule has 0 bridgehead atoms. The van der Waals surface area contributed by atoms with E-state index >= 15 is 0 Å². The van der Waals surface area contributed by atoms with Crippen LogP contribution >= 0.6 is 35.7 Å². The van der Waals surface area contributed by atoms with Crippen molar-refractivity contribution in [1.29, 1.82) is 0 Å². The summed E-state index contributed by atoms with van der Waals surface area (Å²) in [6.45, 7) is 1.62. The minimum Gasteiger partial charge on any atom is -0.480 e. The highest BCUT2D eigenvalue weighted by Crippen LogP contribution is 2.19. The number of thioether (sulfide) groups is 2. The van der Waals surface area contributed by atoms with Crippen LogP contribution in [-0.4, -0.2) is 26.1 Å². The van der Waals surface area contributed by atoms with E-state index in [9.17, 15) is 4.79 Å². The second-order valence-corrected chi connectivity index (χ2v) is 4.90. The Morgan fingerprint density at radius 1 is 1.70 bits per heavy atom. The predicted octanol–water partition coefficient (Wildman–Crippen LogP) is 1.84. The smallest absolute Gasteiger partial charge is 0.316 e. The van der Waals surface area contributed by atoms with Crippen LogP contribution < -0.4 is 0 Å². The Morgan fingerprint density at radius 3 is 2.50 bits per heavy atom. The summed E-state index contributed by atoms with van der Waals surface area (Å²) in [7, 11) is 0. The van der Waals surface area contributed by atoms with Gasteiger partial charge in [0.15, 0.2) is 0 Å². The topological polar surface area (TPSA) is 37.3 Å². The number of aliphatic carboxylic acids is 1. The van der Waals surface area contributed by atoms with Crippen molar-refractivity contribution in [3.05, 3.63) is 0 Å². The maximum atomic E-state index is 10.3. The molecule has 10 heavy (non-hydrogen) atoms. The van der Waals surface area contributed by atoms with Crippen molar-refractivity contribution in [1.82, 2.24) is 0 Å². The molecule has 0 amide bonds. The van der Waals surface area contributed by atoms with Crippen LogP contribution in [0.3, 0.4) is 0 Å². The van der Waals surface area contributed by atoms with Crippen LogP contribution in [0.5, 0.6) is 0 Å². The molecule has 1 N–H and O–H groups in total. The molecule has 0 saturated heterocycles. The van der Waals surface area contributed by atoms with E-state index in [-0.39, 0.29) is 0 Å². The highest BCUT2D eigenvalue weighted by atomic mass is 32.2. The highest BCUT2D eigenvalue weighted by molar-refractivity contribution is 8.47. The zero-order chi connectivity index (χ0) is 8.15. The van der Waals surface area contributed by atoms with Gasteiger partial charge in [-0.2, -0.15) is 0 Å². The fourth-order valence-electron chi connectivity index (χ4n) is 0.243. The number of carboxylic acids is 1. The zero-order valence-electron chi connectivity index (χ0n) is 5.66. The quantitative estimate of drug-likeness (QED) is 0.682. The van der Waals surface area contributed by atoms with Crippen LogP contribution in [-0.2, 0) is 4.79 Å². The Hall–Kier alpha value is 0.260. The summed E-state index contributed by atoms with van der Waals surface area (Å²) >= 11 is 7.42. The van der Waals surface area contributed by atoms with E-state index in [0.717, 1.165) is 0 Å². The van der Waals surface area contributed by atoms with E-state index in [0.29, 0.717) is 3.53 Å². The number of carbonyl (C=O) groups is 1. The van der Waals surface area contributed by atoms with Gasteiger partial charge in [0.05, 0.1) is 0 Å². The summed E-state index contributed by atoms with van der Waals surface area (Å²) in [5.41, 5.74) is 0. The molecule has 1 atom stereocenters. The van der Waals surface area contributed by atoms with E-state index in [1.54, 1.807) is 6.92 Å². The molecular weight excluding hydrogens is 188 g/mol. The Kier molecular flexibility index (Phi) is 5.11. The Labute approximate surface area is 73.8 Å². The molecule has 0 aromatic carbocycles. The fraction of sp³-hybridized carbons (Fsp3) is 0.600.